The molecule has 2 heterocycles. The van der Waals surface area contributed by atoms with E-state index in [1.807, 2.05) is 18.2 Å². The van der Waals surface area contributed by atoms with Gasteiger partial charge < -0.3 is 20.0 Å². The number of imidazole rings is 1. The highest BCUT2D eigenvalue weighted by molar-refractivity contribution is 5.98. The summed E-state index contributed by atoms with van der Waals surface area (Å²) in [6.45, 7) is 0. The molecule has 2 fully saturated rings. The Hall–Kier alpha value is -2.60. The first kappa shape index (κ1) is 19.4. The van der Waals surface area contributed by atoms with E-state index >= 15 is 0 Å². The number of nitrogens with two attached hydrogens (primary N) is 1. The Kier molecular flexibility index (Phi) is 5.34. The van der Waals surface area contributed by atoms with Crippen LogP contribution < -0.4 is 11.1 Å². The molecule has 30 heavy (non-hydrogen) atoms. The number of furan rings is 1. The zero-order chi connectivity index (χ0) is 20.5. The molecule has 6 nitrogen and oxygen atoms in total. The first-order valence-electron chi connectivity index (χ1n) is 11.3. The van der Waals surface area contributed by atoms with Gasteiger partial charge in [0.15, 0.2) is 0 Å². The van der Waals surface area contributed by atoms with Crippen LogP contribution in [0.5, 0.6) is 0 Å². The summed E-state index contributed by atoms with van der Waals surface area (Å²) >= 11 is 0. The van der Waals surface area contributed by atoms with Crippen LogP contribution in [-0.4, -0.2) is 27.5 Å². The number of rotatable bonds is 4. The highest BCUT2D eigenvalue weighted by Gasteiger charge is 2.24. The van der Waals surface area contributed by atoms with Crippen LogP contribution in [0, 0.1) is 0 Å². The molecule has 2 atom stereocenters. The smallest absolute Gasteiger partial charge is 0.251 e. The summed E-state index contributed by atoms with van der Waals surface area (Å²) in [4.78, 5) is 17.8. The maximum absolute atomic E-state index is 12.9. The molecule has 2 aliphatic rings. The van der Waals surface area contributed by atoms with E-state index < -0.39 is 0 Å². The fraction of sp³-hybridized carbons (Fsp3) is 0.500. The van der Waals surface area contributed by atoms with Crippen molar-refractivity contribution in [2.24, 2.45) is 5.73 Å². The minimum atomic E-state index is -0.0342. The standard InChI is InChI=1S/C24H30N4O2/c25-18-5-4-6-19(14-18)26-24(29)16-9-10-22-21(13-16)27-23(17-11-12-30-15-17)28(22)20-7-2-1-3-8-20/h9-13,15,18-20H,1-8,14,25H2,(H,26,29). The number of benzene rings is 1. The second-order valence-electron chi connectivity index (χ2n) is 8.91. The van der Waals surface area contributed by atoms with E-state index in [9.17, 15) is 4.79 Å². The van der Waals surface area contributed by atoms with Gasteiger partial charge in [-0.15, -0.1) is 0 Å². The lowest BCUT2D eigenvalue weighted by atomic mass is 9.91. The van der Waals surface area contributed by atoms with Crippen LogP contribution in [0.3, 0.4) is 0 Å². The molecular weight excluding hydrogens is 376 g/mol. The zero-order valence-corrected chi connectivity index (χ0v) is 17.3. The van der Waals surface area contributed by atoms with Crippen LogP contribution in [0.1, 0.15) is 74.2 Å². The van der Waals surface area contributed by atoms with Crippen LogP contribution >= 0.6 is 0 Å². The maximum Gasteiger partial charge on any atom is 0.251 e. The molecule has 1 aromatic carbocycles. The lowest BCUT2D eigenvalue weighted by Gasteiger charge is -2.27. The van der Waals surface area contributed by atoms with Crippen LogP contribution in [0.2, 0.25) is 0 Å². The van der Waals surface area contributed by atoms with E-state index in [1.165, 1.54) is 32.1 Å². The Bertz CT molecular complexity index is 1020. The van der Waals surface area contributed by atoms with Crippen molar-refractivity contribution in [3.05, 3.63) is 42.4 Å². The van der Waals surface area contributed by atoms with Crippen LogP contribution in [-0.2, 0) is 0 Å². The van der Waals surface area contributed by atoms with Crippen LogP contribution in [0.15, 0.2) is 41.2 Å². The molecule has 1 amide bonds. The first-order valence-corrected chi connectivity index (χ1v) is 11.3. The fourth-order valence-electron chi connectivity index (χ4n) is 5.17. The van der Waals surface area contributed by atoms with Crippen molar-refractivity contribution in [1.29, 1.82) is 0 Å². The average molecular weight is 407 g/mol. The highest BCUT2D eigenvalue weighted by Crippen LogP contribution is 2.36. The summed E-state index contributed by atoms with van der Waals surface area (Å²) < 4.78 is 7.70. The third-order valence-electron chi connectivity index (χ3n) is 6.72. The Morgan fingerprint density at radius 1 is 1.10 bits per heavy atom. The highest BCUT2D eigenvalue weighted by atomic mass is 16.3. The predicted octanol–water partition coefficient (Wildman–Crippen LogP) is 4.80. The van der Waals surface area contributed by atoms with E-state index in [4.69, 9.17) is 15.1 Å². The van der Waals surface area contributed by atoms with Gasteiger partial charge in [0.25, 0.3) is 5.91 Å². The summed E-state index contributed by atoms with van der Waals surface area (Å²) in [5, 5.41) is 3.17. The molecule has 3 N–H and O–H groups in total. The number of carbonyl (C=O) groups is 1. The number of nitrogens with one attached hydrogen (secondary N) is 1. The Morgan fingerprint density at radius 2 is 1.97 bits per heavy atom. The topological polar surface area (TPSA) is 86.1 Å². The fourth-order valence-corrected chi connectivity index (χ4v) is 5.17. The van der Waals surface area contributed by atoms with Gasteiger partial charge in [-0.2, -0.15) is 0 Å². The van der Waals surface area contributed by atoms with Gasteiger partial charge in [-0.05, 0) is 62.8 Å². The molecule has 5 rings (SSSR count). The Labute approximate surface area is 176 Å². The first-order chi connectivity index (χ1) is 14.7. The quantitative estimate of drug-likeness (QED) is 0.651. The summed E-state index contributed by atoms with van der Waals surface area (Å²) in [5.41, 5.74) is 9.68. The number of nitrogens with zero attached hydrogens (tertiary/aromatic N) is 2. The summed E-state index contributed by atoms with van der Waals surface area (Å²) in [6, 6.07) is 8.67. The number of hydrogen-bond donors (Lipinski definition) is 2. The van der Waals surface area contributed by atoms with Gasteiger partial charge in [-0.3, -0.25) is 4.79 Å². The number of fused-ring (bicyclic) bond motifs is 1. The number of aromatic nitrogens is 2. The zero-order valence-electron chi connectivity index (χ0n) is 17.3. The summed E-state index contributed by atoms with van der Waals surface area (Å²) in [6.07, 6.45) is 13.6. The van der Waals surface area contributed by atoms with Gasteiger partial charge in [-0.1, -0.05) is 19.3 Å². The molecule has 0 bridgehead atoms. The van der Waals surface area contributed by atoms with Gasteiger partial charge in [-0.25, -0.2) is 4.98 Å². The van der Waals surface area contributed by atoms with E-state index in [-0.39, 0.29) is 18.0 Å². The van der Waals surface area contributed by atoms with Crippen LogP contribution in [0.25, 0.3) is 22.4 Å². The third kappa shape index (κ3) is 3.76. The van der Waals surface area contributed by atoms with Crippen molar-refractivity contribution in [3.8, 4) is 11.4 Å². The van der Waals surface area contributed by atoms with Crippen molar-refractivity contribution < 1.29 is 9.21 Å². The average Bonchev–Trinajstić information content (AvgIpc) is 3.41. The monoisotopic (exact) mass is 406 g/mol. The van der Waals surface area contributed by atoms with Crippen molar-refractivity contribution in [2.75, 3.05) is 0 Å². The number of carbonyl (C=O) groups excluding carboxylic acids is 1. The molecule has 6 heteroatoms. The van der Waals surface area contributed by atoms with Gasteiger partial charge in [0.1, 0.15) is 12.1 Å². The molecule has 158 valence electrons. The SMILES string of the molecule is NC1CCCC(NC(=O)c2ccc3c(c2)nc(-c2ccoc2)n3C2CCCCC2)C1. The predicted molar refractivity (Wildman–Crippen MR) is 117 cm³/mol. The second-order valence-corrected chi connectivity index (χ2v) is 8.91. The van der Waals surface area contributed by atoms with E-state index in [2.05, 4.69) is 16.0 Å². The minimum absolute atomic E-state index is 0.0342. The number of amides is 1. The van der Waals surface area contributed by atoms with Crippen molar-refractivity contribution in [3.63, 3.8) is 0 Å². The lowest BCUT2D eigenvalue weighted by Crippen LogP contribution is -2.42. The maximum atomic E-state index is 12.9. The van der Waals surface area contributed by atoms with E-state index in [1.54, 1.807) is 12.5 Å². The lowest BCUT2D eigenvalue weighted by molar-refractivity contribution is 0.0925. The van der Waals surface area contributed by atoms with Gasteiger partial charge in [0, 0.05) is 23.7 Å². The van der Waals surface area contributed by atoms with Gasteiger partial charge >= 0.3 is 0 Å². The molecule has 0 spiro atoms. The minimum Gasteiger partial charge on any atom is -0.472 e. The molecule has 2 aliphatic carbocycles. The number of hydrogen-bond acceptors (Lipinski definition) is 4. The normalized spacial score (nSPS) is 23.0. The third-order valence-corrected chi connectivity index (χ3v) is 6.72. The van der Waals surface area contributed by atoms with Crippen LogP contribution in [0.4, 0.5) is 0 Å². The van der Waals surface area contributed by atoms with E-state index in [0.717, 1.165) is 48.1 Å². The van der Waals surface area contributed by atoms with Gasteiger partial charge in [0.05, 0.1) is 22.9 Å². The molecule has 2 unspecified atom stereocenters. The molecular formula is C24H30N4O2. The Morgan fingerprint density at radius 3 is 2.73 bits per heavy atom. The van der Waals surface area contributed by atoms with Crippen molar-refractivity contribution in [1.82, 2.24) is 14.9 Å². The largest absolute Gasteiger partial charge is 0.472 e. The molecule has 2 saturated carbocycles. The molecule has 2 aromatic heterocycles. The summed E-state index contributed by atoms with van der Waals surface area (Å²) in [7, 11) is 0. The van der Waals surface area contributed by atoms with E-state index in [0.29, 0.717) is 11.6 Å². The second kappa shape index (κ2) is 8.26. The van der Waals surface area contributed by atoms with Crippen molar-refractivity contribution >= 4 is 16.9 Å². The molecule has 0 saturated heterocycles. The molecule has 0 aliphatic heterocycles. The summed E-state index contributed by atoms with van der Waals surface area (Å²) in [5.74, 6) is 0.898. The molecule has 3 aromatic rings. The Balaban J connectivity index is 1.47. The van der Waals surface area contributed by atoms with Crippen molar-refractivity contribution in [2.45, 2.75) is 75.9 Å². The molecule has 0 radical (unpaired) electrons. The van der Waals surface area contributed by atoms with Gasteiger partial charge in [0.2, 0.25) is 0 Å².